The lowest BCUT2D eigenvalue weighted by atomic mass is 9.25. The van der Waals surface area contributed by atoms with Crippen LogP contribution >= 0.6 is 0 Å². The molecule has 0 aromatic carbocycles. The molecule has 2 atom stereocenters. The Morgan fingerprint density at radius 1 is 0.375 bits per heavy atom. The van der Waals surface area contributed by atoms with Gasteiger partial charge >= 0.3 is 0 Å². The molecular formula is C24H42. The third-order valence-electron chi connectivity index (χ3n) is 11.4. The molecule has 0 amide bonds. The highest BCUT2D eigenvalue weighted by Gasteiger charge is 2.76. The Morgan fingerprint density at radius 3 is 0.792 bits per heavy atom. The van der Waals surface area contributed by atoms with Gasteiger partial charge in [-0.1, -0.05) is 80.4 Å². The van der Waals surface area contributed by atoms with Gasteiger partial charge in [-0.25, -0.2) is 0 Å². The molecule has 2 aliphatic rings. The number of fused-ring (bicyclic) bond motifs is 1. The van der Waals surface area contributed by atoms with Crippen LogP contribution in [-0.2, 0) is 0 Å². The van der Waals surface area contributed by atoms with Gasteiger partial charge in [0.2, 0.25) is 0 Å². The summed E-state index contributed by atoms with van der Waals surface area (Å²) >= 11 is 0. The van der Waals surface area contributed by atoms with Gasteiger partial charge in [0.15, 0.2) is 0 Å². The Morgan fingerprint density at radius 2 is 0.583 bits per heavy atom. The summed E-state index contributed by atoms with van der Waals surface area (Å²) in [6, 6.07) is 0. The molecule has 2 aliphatic carbocycles. The normalized spacial score (nSPS) is 39.8. The van der Waals surface area contributed by atoms with E-state index in [4.69, 9.17) is 0 Å². The smallest absolute Gasteiger partial charge is 0.00394 e. The molecule has 0 heteroatoms. The van der Waals surface area contributed by atoms with Crippen molar-refractivity contribution in [2.75, 3.05) is 0 Å². The van der Waals surface area contributed by atoms with Crippen molar-refractivity contribution in [2.24, 2.45) is 32.5 Å². The highest BCUT2D eigenvalue weighted by molar-refractivity contribution is 5.51. The van der Waals surface area contributed by atoms with E-state index in [2.05, 4.69) is 96.9 Å². The molecule has 1 fully saturated rings. The van der Waals surface area contributed by atoms with Crippen molar-refractivity contribution in [3.8, 4) is 0 Å². The first kappa shape index (κ1) is 19.8. The van der Waals surface area contributed by atoms with E-state index >= 15 is 0 Å². The summed E-state index contributed by atoms with van der Waals surface area (Å²) in [5.74, 6) is 0. The van der Waals surface area contributed by atoms with Crippen LogP contribution in [0.3, 0.4) is 0 Å². The van der Waals surface area contributed by atoms with Crippen LogP contribution in [0.1, 0.15) is 96.9 Å². The van der Waals surface area contributed by atoms with Crippen LogP contribution in [0.25, 0.3) is 0 Å². The van der Waals surface area contributed by atoms with E-state index in [1.165, 1.54) is 11.1 Å². The molecule has 24 heavy (non-hydrogen) atoms. The first-order valence-electron chi connectivity index (χ1n) is 9.75. The molecule has 0 bridgehead atoms. The molecule has 0 N–H and O–H groups in total. The zero-order valence-corrected chi connectivity index (χ0v) is 19.0. The van der Waals surface area contributed by atoms with Crippen molar-refractivity contribution in [1.82, 2.24) is 0 Å². The lowest BCUT2D eigenvalue weighted by molar-refractivity contribution is -0.270. The average molecular weight is 331 g/mol. The van der Waals surface area contributed by atoms with E-state index in [0.717, 1.165) is 0 Å². The summed E-state index contributed by atoms with van der Waals surface area (Å²) in [5.41, 5.74) is 7.31. The third kappa shape index (κ3) is 1.50. The van der Waals surface area contributed by atoms with Crippen LogP contribution < -0.4 is 0 Å². The van der Waals surface area contributed by atoms with E-state index in [1.807, 2.05) is 0 Å². The fraction of sp³-hybridized carbons (Fsp3) is 0.833. The van der Waals surface area contributed by atoms with Gasteiger partial charge in [-0.15, -0.1) is 0 Å². The zero-order chi connectivity index (χ0) is 19.3. The molecule has 0 aromatic rings. The molecule has 0 spiro atoms. The minimum atomic E-state index is 0.135. The van der Waals surface area contributed by atoms with Crippen molar-refractivity contribution >= 4 is 0 Å². The first-order chi connectivity index (χ1) is 10.4. The second-order valence-corrected chi connectivity index (χ2v) is 11.2. The predicted molar refractivity (Wildman–Crippen MR) is 108 cm³/mol. The highest BCUT2D eigenvalue weighted by Crippen LogP contribution is 2.82. The molecule has 2 rings (SSSR count). The molecular weight excluding hydrogens is 288 g/mol. The second-order valence-electron chi connectivity index (χ2n) is 11.2. The maximum atomic E-state index is 2.57. The van der Waals surface area contributed by atoms with Crippen LogP contribution in [0.4, 0.5) is 0 Å². The molecule has 138 valence electrons. The van der Waals surface area contributed by atoms with Gasteiger partial charge in [-0.3, -0.25) is 0 Å². The van der Waals surface area contributed by atoms with Crippen LogP contribution in [0.5, 0.6) is 0 Å². The van der Waals surface area contributed by atoms with E-state index < -0.39 is 0 Å². The molecule has 0 nitrogen and oxygen atoms in total. The summed E-state index contributed by atoms with van der Waals surface area (Å²) in [7, 11) is 0. The Kier molecular flexibility index (Phi) is 3.80. The van der Waals surface area contributed by atoms with Crippen LogP contribution in [0, 0.1) is 32.5 Å². The maximum Gasteiger partial charge on any atom is 0.00394 e. The highest BCUT2D eigenvalue weighted by atomic mass is 14.8. The summed E-state index contributed by atoms with van der Waals surface area (Å²) in [4.78, 5) is 0. The fourth-order valence-corrected chi connectivity index (χ4v) is 7.06. The number of hydrogen-bond donors (Lipinski definition) is 0. The van der Waals surface area contributed by atoms with Crippen LogP contribution in [-0.4, -0.2) is 0 Å². The Balaban J connectivity index is 3.09. The monoisotopic (exact) mass is 330 g/mol. The number of hydrogen-bond acceptors (Lipinski definition) is 0. The molecule has 2 unspecified atom stereocenters. The molecule has 0 aliphatic heterocycles. The summed E-state index contributed by atoms with van der Waals surface area (Å²) < 4.78 is 0. The van der Waals surface area contributed by atoms with Gasteiger partial charge in [0.25, 0.3) is 0 Å². The molecule has 0 heterocycles. The second kappa shape index (κ2) is 4.60. The first-order valence-corrected chi connectivity index (χ1v) is 9.75. The van der Waals surface area contributed by atoms with E-state index in [1.54, 1.807) is 11.1 Å². The van der Waals surface area contributed by atoms with E-state index in [-0.39, 0.29) is 32.5 Å². The Hall–Kier alpha value is -0.520. The Bertz CT molecular complexity index is 590. The van der Waals surface area contributed by atoms with Gasteiger partial charge < -0.3 is 0 Å². The topological polar surface area (TPSA) is 0 Å². The average Bonchev–Trinajstić information content (AvgIpc) is 2.46. The maximum absolute atomic E-state index is 2.57. The minimum Gasteiger partial charge on any atom is -0.0628 e. The van der Waals surface area contributed by atoms with Crippen LogP contribution in [0.2, 0.25) is 0 Å². The van der Waals surface area contributed by atoms with Gasteiger partial charge in [-0.2, -0.15) is 0 Å². The van der Waals surface area contributed by atoms with Gasteiger partial charge in [0, 0.05) is 10.8 Å². The number of allylic oxidation sites excluding steroid dienone is 4. The van der Waals surface area contributed by atoms with Crippen LogP contribution in [0.15, 0.2) is 22.3 Å². The van der Waals surface area contributed by atoms with Gasteiger partial charge in [-0.05, 0) is 60.5 Å². The Labute approximate surface area is 152 Å². The summed E-state index contributed by atoms with van der Waals surface area (Å²) in [6.45, 7) is 34.9. The predicted octanol–water partition coefficient (Wildman–Crippen LogP) is 7.80. The standard InChI is InChI=1S/C24H42/c1-15-16(2)18(4)24(14)22(11,12)20(7,8)19(5,6)21(9,10)23(24,13)17(15)3/h1-14H3. The molecule has 0 aromatic heterocycles. The van der Waals surface area contributed by atoms with Crippen molar-refractivity contribution in [3.63, 3.8) is 0 Å². The third-order valence-corrected chi connectivity index (χ3v) is 11.4. The molecule has 0 radical (unpaired) electrons. The van der Waals surface area contributed by atoms with E-state index in [0.29, 0.717) is 0 Å². The molecule has 0 saturated heterocycles. The minimum absolute atomic E-state index is 0.135. The van der Waals surface area contributed by atoms with E-state index in [9.17, 15) is 0 Å². The van der Waals surface area contributed by atoms with Gasteiger partial charge in [0.1, 0.15) is 0 Å². The van der Waals surface area contributed by atoms with Crippen molar-refractivity contribution in [3.05, 3.63) is 22.3 Å². The quantitative estimate of drug-likeness (QED) is 0.425. The van der Waals surface area contributed by atoms with Crippen molar-refractivity contribution < 1.29 is 0 Å². The lowest BCUT2D eigenvalue weighted by Crippen LogP contribution is -2.73. The fourth-order valence-electron chi connectivity index (χ4n) is 7.06. The largest absolute Gasteiger partial charge is 0.0628 e. The lowest BCUT2D eigenvalue weighted by Gasteiger charge is -2.79. The number of rotatable bonds is 0. The van der Waals surface area contributed by atoms with Crippen molar-refractivity contribution in [1.29, 1.82) is 0 Å². The SMILES string of the molecule is CC1=C(C)C2(C)C(C)(C)C(C)(C)C(C)(C)C(C)(C)C2(C)C(C)=C1C. The zero-order valence-electron chi connectivity index (χ0n) is 19.0. The summed E-state index contributed by atoms with van der Waals surface area (Å²) in [6.07, 6.45) is 0. The van der Waals surface area contributed by atoms with Gasteiger partial charge in [0.05, 0.1) is 0 Å². The summed E-state index contributed by atoms with van der Waals surface area (Å²) in [5, 5.41) is 0. The van der Waals surface area contributed by atoms with Crippen molar-refractivity contribution in [2.45, 2.75) is 96.9 Å². The molecule has 1 saturated carbocycles.